The number of imide groups is 1. The van der Waals surface area contributed by atoms with Crippen molar-refractivity contribution in [3.8, 4) is 11.8 Å². The molecule has 1 aliphatic heterocycles. The molecule has 2 aromatic rings. The van der Waals surface area contributed by atoms with E-state index in [9.17, 15) is 19.2 Å². The number of fused-ring (bicyclic) bond motifs is 1. The molecule has 39 heavy (non-hydrogen) atoms. The van der Waals surface area contributed by atoms with E-state index in [0.29, 0.717) is 18.5 Å². The predicted molar refractivity (Wildman–Crippen MR) is 151 cm³/mol. The molecule has 0 aliphatic carbocycles. The molecular weight excluding hydrogens is 496 g/mol. The van der Waals surface area contributed by atoms with Crippen molar-refractivity contribution in [3.63, 3.8) is 0 Å². The van der Waals surface area contributed by atoms with E-state index in [2.05, 4.69) is 22.5 Å². The Morgan fingerprint density at radius 2 is 1.69 bits per heavy atom. The Bertz CT molecular complexity index is 1290. The van der Waals surface area contributed by atoms with Crippen LogP contribution in [-0.4, -0.2) is 39.2 Å². The molecule has 9 nitrogen and oxygen atoms in total. The molecule has 1 aromatic carbocycles. The maximum atomic E-state index is 12.9. The third-order valence-corrected chi connectivity index (χ3v) is 6.74. The second-order valence-corrected chi connectivity index (χ2v) is 11.2. The van der Waals surface area contributed by atoms with Gasteiger partial charge < -0.3 is 10.1 Å². The van der Waals surface area contributed by atoms with Gasteiger partial charge in [-0.3, -0.25) is 24.0 Å². The highest BCUT2D eigenvalue weighted by atomic mass is 16.6. The van der Waals surface area contributed by atoms with Gasteiger partial charge in [0.2, 0.25) is 11.8 Å². The first-order valence-electron chi connectivity index (χ1n) is 14.1. The number of piperidine rings is 1. The number of carbonyl (C=O) groups is 3. The van der Waals surface area contributed by atoms with Crippen LogP contribution in [0.1, 0.15) is 103 Å². The van der Waals surface area contributed by atoms with Crippen molar-refractivity contribution in [2.45, 2.75) is 103 Å². The SMILES string of the molecule is Cn1c(=O)n(C2CCC(=O)NC2=O)c2ccc(C#CCCCCCCCCCCNC(=O)OC(C)(C)C)cc21. The van der Waals surface area contributed by atoms with Crippen molar-refractivity contribution < 1.29 is 19.1 Å². The van der Waals surface area contributed by atoms with Gasteiger partial charge >= 0.3 is 11.8 Å². The molecule has 1 atom stereocenters. The summed E-state index contributed by atoms with van der Waals surface area (Å²) in [5.41, 5.74) is 1.49. The number of hydrogen-bond donors (Lipinski definition) is 2. The minimum Gasteiger partial charge on any atom is -0.444 e. The van der Waals surface area contributed by atoms with E-state index in [4.69, 9.17) is 4.74 Å². The van der Waals surface area contributed by atoms with E-state index in [1.807, 2.05) is 39.0 Å². The lowest BCUT2D eigenvalue weighted by Gasteiger charge is -2.21. The van der Waals surface area contributed by atoms with Crippen LogP contribution < -0.4 is 16.3 Å². The number of alkyl carbamates (subject to hydrolysis) is 1. The molecule has 0 radical (unpaired) electrons. The van der Waals surface area contributed by atoms with Crippen LogP contribution in [-0.2, 0) is 21.4 Å². The van der Waals surface area contributed by atoms with Crippen LogP contribution in [0.2, 0.25) is 0 Å². The minimum atomic E-state index is -0.683. The number of hydrogen-bond acceptors (Lipinski definition) is 5. The van der Waals surface area contributed by atoms with Crippen molar-refractivity contribution >= 4 is 28.9 Å². The molecule has 0 bridgehead atoms. The lowest BCUT2D eigenvalue weighted by Crippen LogP contribution is -2.44. The van der Waals surface area contributed by atoms with Gasteiger partial charge in [-0.15, -0.1) is 0 Å². The van der Waals surface area contributed by atoms with Crippen molar-refractivity contribution in [1.82, 2.24) is 19.8 Å². The van der Waals surface area contributed by atoms with Gasteiger partial charge in [0.1, 0.15) is 11.6 Å². The fourth-order valence-corrected chi connectivity index (χ4v) is 4.74. The molecule has 3 amide bonds. The summed E-state index contributed by atoms with van der Waals surface area (Å²) in [7, 11) is 1.69. The van der Waals surface area contributed by atoms with E-state index in [0.717, 1.165) is 43.2 Å². The van der Waals surface area contributed by atoms with Gasteiger partial charge in [0.25, 0.3) is 0 Å². The smallest absolute Gasteiger partial charge is 0.407 e. The predicted octanol–water partition coefficient (Wildman–Crippen LogP) is 4.70. The van der Waals surface area contributed by atoms with E-state index in [-0.39, 0.29) is 24.1 Å². The first kappa shape index (κ1) is 30.0. The quantitative estimate of drug-likeness (QED) is 0.245. The molecule has 0 saturated carbocycles. The number of benzene rings is 1. The second kappa shape index (κ2) is 14.0. The lowest BCUT2D eigenvalue weighted by molar-refractivity contribution is -0.135. The van der Waals surface area contributed by atoms with Gasteiger partial charge in [-0.2, -0.15) is 0 Å². The standard InChI is InChI=1S/C30H42N4O5/c1-30(2,3)39-28(37)31-20-14-12-10-8-6-5-7-9-11-13-15-22-16-17-23-25(21-22)33(4)29(38)34(23)24-18-19-26(35)32-27(24)36/h16-17,21,24H,5-12,14,18-20H2,1-4H3,(H,31,37)(H,32,35,36). The van der Waals surface area contributed by atoms with Crippen LogP contribution in [0.5, 0.6) is 0 Å². The van der Waals surface area contributed by atoms with E-state index < -0.39 is 17.6 Å². The van der Waals surface area contributed by atoms with Crippen LogP contribution in [0, 0.1) is 11.8 Å². The van der Waals surface area contributed by atoms with Crippen molar-refractivity contribution in [2.24, 2.45) is 7.05 Å². The summed E-state index contributed by atoms with van der Waals surface area (Å²) in [5, 5.41) is 5.13. The average Bonchev–Trinajstić information content (AvgIpc) is 3.10. The Kier molecular flexibility index (Phi) is 10.8. The maximum Gasteiger partial charge on any atom is 0.407 e. The molecule has 2 N–H and O–H groups in total. The van der Waals surface area contributed by atoms with Gasteiger partial charge in [-0.1, -0.05) is 50.4 Å². The number of unbranched alkanes of at least 4 members (excludes halogenated alkanes) is 8. The van der Waals surface area contributed by atoms with Gasteiger partial charge in [0.05, 0.1) is 11.0 Å². The second-order valence-electron chi connectivity index (χ2n) is 11.2. The highest BCUT2D eigenvalue weighted by molar-refractivity contribution is 6.00. The van der Waals surface area contributed by atoms with Crippen LogP contribution in [0.25, 0.3) is 11.0 Å². The lowest BCUT2D eigenvalue weighted by atomic mass is 10.1. The molecule has 2 heterocycles. The first-order chi connectivity index (χ1) is 18.6. The zero-order valence-corrected chi connectivity index (χ0v) is 23.7. The number of aryl methyl sites for hydroxylation is 1. The van der Waals surface area contributed by atoms with Gasteiger partial charge in [0.15, 0.2) is 0 Å². The third kappa shape index (κ3) is 9.02. The molecule has 1 saturated heterocycles. The highest BCUT2D eigenvalue weighted by Crippen LogP contribution is 2.23. The molecule has 3 rings (SSSR count). The summed E-state index contributed by atoms with van der Waals surface area (Å²) in [4.78, 5) is 48.3. The van der Waals surface area contributed by atoms with Crippen molar-refractivity contribution in [2.75, 3.05) is 6.54 Å². The average molecular weight is 539 g/mol. The monoisotopic (exact) mass is 538 g/mol. The van der Waals surface area contributed by atoms with E-state index in [1.54, 1.807) is 7.05 Å². The Hall–Kier alpha value is -3.54. The van der Waals surface area contributed by atoms with E-state index in [1.165, 1.54) is 34.8 Å². The topological polar surface area (TPSA) is 111 Å². The largest absolute Gasteiger partial charge is 0.444 e. The molecule has 1 aliphatic rings. The van der Waals surface area contributed by atoms with Gasteiger partial charge in [0, 0.05) is 32.0 Å². The fraction of sp³-hybridized carbons (Fsp3) is 0.600. The van der Waals surface area contributed by atoms with Crippen molar-refractivity contribution in [1.29, 1.82) is 0 Å². The van der Waals surface area contributed by atoms with Gasteiger partial charge in [-0.05, 0) is 58.2 Å². The number of ether oxygens (including phenoxy) is 1. The van der Waals surface area contributed by atoms with Crippen LogP contribution >= 0.6 is 0 Å². The summed E-state index contributed by atoms with van der Waals surface area (Å²) in [6, 6.07) is 4.91. The summed E-state index contributed by atoms with van der Waals surface area (Å²) in [6.07, 6.45) is 10.1. The van der Waals surface area contributed by atoms with E-state index >= 15 is 0 Å². The Labute approximate surface area is 230 Å². The third-order valence-electron chi connectivity index (χ3n) is 6.74. The summed E-state index contributed by atoms with van der Waals surface area (Å²) >= 11 is 0. The van der Waals surface area contributed by atoms with Crippen LogP contribution in [0.3, 0.4) is 0 Å². The summed E-state index contributed by atoms with van der Waals surface area (Å²) in [5.74, 6) is 5.71. The molecule has 1 aromatic heterocycles. The number of nitrogens with zero attached hydrogens (tertiary/aromatic N) is 2. The number of nitrogens with one attached hydrogen (secondary N) is 2. The molecule has 1 fully saturated rings. The number of imidazole rings is 1. The Morgan fingerprint density at radius 1 is 1.03 bits per heavy atom. The van der Waals surface area contributed by atoms with Crippen LogP contribution in [0.15, 0.2) is 23.0 Å². The number of carbonyl (C=O) groups excluding carboxylic acids is 3. The fourth-order valence-electron chi connectivity index (χ4n) is 4.74. The summed E-state index contributed by atoms with van der Waals surface area (Å²) < 4.78 is 8.23. The molecule has 212 valence electrons. The number of rotatable bonds is 11. The molecular formula is C30H42N4O5. The molecule has 9 heteroatoms. The zero-order chi connectivity index (χ0) is 28.4. The normalized spacial score (nSPS) is 15.5. The molecule has 0 spiro atoms. The Morgan fingerprint density at radius 3 is 2.36 bits per heavy atom. The maximum absolute atomic E-state index is 12.9. The zero-order valence-electron chi connectivity index (χ0n) is 23.7. The highest BCUT2D eigenvalue weighted by Gasteiger charge is 2.31. The van der Waals surface area contributed by atoms with Crippen LogP contribution in [0.4, 0.5) is 4.79 Å². The minimum absolute atomic E-state index is 0.220. The first-order valence-corrected chi connectivity index (χ1v) is 14.1. The van der Waals surface area contributed by atoms with Gasteiger partial charge in [-0.25, -0.2) is 9.59 Å². The van der Waals surface area contributed by atoms with Crippen molar-refractivity contribution in [3.05, 3.63) is 34.2 Å². The molecule has 1 unspecified atom stereocenters. The Balaban J connectivity index is 1.34. The number of aromatic nitrogens is 2. The summed E-state index contributed by atoms with van der Waals surface area (Å²) in [6.45, 7) is 6.23. The number of amides is 3.